The maximum Gasteiger partial charge on any atom is 0.171 e. The first-order valence-electron chi connectivity index (χ1n) is 5.25. The summed E-state index contributed by atoms with van der Waals surface area (Å²) < 4.78 is 0. The molecule has 0 aromatic heterocycles. The zero-order valence-electron chi connectivity index (χ0n) is 8.55. The minimum absolute atomic E-state index is 0.263. The van der Waals surface area contributed by atoms with Gasteiger partial charge in [0.1, 0.15) is 0 Å². The second-order valence-corrected chi connectivity index (χ2v) is 5.44. The van der Waals surface area contributed by atoms with Crippen molar-refractivity contribution in [1.29, 1.82) is 0 Å². The number of Topliss-reactive ketones (excluding diaryl/α,β-unsaturated/α-hetero) is 1. The molecule has 3 rings (SSSR count). The van der Waals surface area contributed by atoms with E-state index in [9.17, 15) is 4.79 Å². The molecule has 1 aromatic carbocycles. The van der Waals surface area contributed by atoms with Crippen LogP contribution < -0.4 is 5.32 Å². The molecule has 0 saturated carbocycles. The van der Waals surface area contributed by atoms with Gasteiger partial charge in [0, 0.05) is 22.0 Å². The van der Waals surface area contributed by atoms with E-state index < -0.39 is 0 Å². The Balaban J connectivity index is 2.03. The van der Waals surface area contributed by atoms with Crippen molar-refractivity contribution in [2.75, 3.05) is 5.32 Å². The highest BCUT2D eigenvalue weighted by molar-refractivity contribution is 8.04. The van der Waals surface area contributed by atoms with Gasteiger partial charge >= 0.3 is 0 Å². The highest BCUT2D eigenvalue weighted by Gasteiger charge is 2.26. The SMILES string of the molecule is O=C1CCCC2=C1Sc1ccc(Cl)cc1N2. The van der Waals surface area contributed by atoms with Gasteiger partial charge in [0.15, 0.2) is 5.78 Å². The first-order valence-corrected chi connectivity index (χ1v) is 6.44. The van der Waals surface area contributed by atoms with Crippen LogP contribution in [0.1, 0.15) is 19.3 Å². The Hall–Kier alpha value is -0.930. The number of halogens is 1. The van der Waals surface area contributed by atoms with Crippen LogP contribution in [0, 0.1) is 0 Å². The van der Waals surface area contributed by atoms with Crippen molar-refractivity contribution in [2.45, 2.75) is 24.2 Å². The van der Waals surface area contributed by atoms with Crippen molar-refractivity contribution < 1.29 is 4.79 Å². The summed E-state index contributed by atoms with van der Waals surface area (Å²) in [5.74, 6) is 0.263. The number of thioether (sulfide) groups is 1. The van der Waals surface area contributed by atoms with E-state index in [4.69, 9.17) is 11.6 Å². The van der Waals surface area contributed by atoms with E-state index in [-0.39, 0.29) is 5.78 Å². The molecular weight excluding hydrogens is 242 g/mol. The first kappa shape index (κ1) is 10.2. The number of ketones is 1. The lowest BCUT2D eigenvalue weighted by molar-refractivity contribution is -0.115. The molecule has 0 bridgehead atoms. The number of rotatable bonds is 0. The quantitative estimate of drug-likeness (QED) is 0.760. The smallest absolute Gasteiger partial charge is 0.171 e. The summed E-state index contributed by atoms with van der Waals surface area (Å²) in [6, 6.07) is 5.72. The van der Waals surface area contributed by atoms with Gasteiger partial charge in [0.25, 0.3) is 0 Å². The van der Waals surface area contributed by atoms with Crippen LogP contribution in [-0.2, 0) is 4.79 Å². The molecule has 0 amide bonds. The number of hydrogen-bond donors (Lipinski definition) is 1. The summed E-state index contributed by atoms with van der Waals surface area (Å²) >= 11 is 7.51. The van der Waals surface area contributed by atoms with Gasteiger partial charge in [-0.2, -0.15) is 0 Å². The Labute approximate surface area is 103 Å². The van der Waals surface area contributed by atoms with Crippen LogP contribution in [0.4, 0.5) is 5.69 Å². The summed E-state index contributed by atoms with van der Waals surface area (Å²) in [6.07, 6.45) is 2.58. The Morgan fingerprint density at radius 1 is 1.31 bits per heavy atom. The number of carbonyl (C=O) groups excluding carboxylic acids is 1. The molecule has 0 radical (unpaired) electrons. The van der Waals surface area contributed by atoms with E-state index in [0.717, 1.165) is 39.0 Å². The molecule has 4 heteroatoms. The molecular formula is C12H10ClNOS. The molecule has 82 valence electrons. The number of nitrogens with one attached hydrogen (secondary N) is 1. The number of carbonyl (C=O) groups is 1. The highest BCUT2D eigenvalue weighted by atomic mass is 35.5. The fourth-order valence-electron chi connectivity index (χ4n) is 2.02. The van der Waals surface area contributed by atoms with Crippen molar-refractivity contribution in [3.8, 4) is 0 Å². The molecule has 2 nitrogen and oxygen atoms in total. The first-order chi connectivity index (χ1) is 7.74. The van der Waals surface area contributed by atoms with Crippen molar-refractivity contribution in [3.63, 3.8) is 0 Å². The second-order valence-electron chi connectivity index (χ2n) is 3.95. The Kier molecular flexibility index (Phi) is 2.45. The summed E-state index contributed by atoms with van der Waals surface area (Å²) in [4.78, 5) is 13.7. The van der Waals surface area contributed by atoms with E-state index in [2.05, 4.69) is 5.32 Å². The van der Waals surface area contributed by atoms with Crippen molar-refractivity contribution >= 4 is 34.8 Å². The van der Waals surface area contributed by atoms with Gasteiger partial charge in [0.05, 0.1) is 10.6 Å². The number of hydrogen-bond acceptors (Lipinski definition) is 3. The zero-order valence-corrected chi connectivity index (χ0v) is 10.1. The summed E-state index contributed by atoms with van der Waals surface area (Å²) in [7, 11) is 0. The van der Waals surface area contributed by atoms with Gasteiger partial charge in [-0.05, 0) is 31.0 Å². The van der Waals surface area contributed by atoms with Gasteiger partial charge in [-0.3, -0.25) is 4.79 Å². The summed E-state index contributed by atoms with van der Waals surface area (Å²) in [5, 5.41) is 4.04. The molecule has 2 aliphatic rings. The number of benzene rings is 1. The standard InChI is InChI=1S/C12H10ClNOS/c13-7-4-5-11-9(6-7)14-8-2-1-3-10(15)12(8)16-11/h4-6,14H,1-3H2. The van der Waals surface area contributed by atoms with E-state index in [1.54, 1.807) is 11.8 Å². The van der Waals surface area contributed by atoms with Crippen LogP contribution in [0.5, 0.6) is 0 Å². The van der Waals surface area contributed by atoms with Crippen LogP contribution >= 0.6 is 23.4 Å². The normalized spacial score (nSPS) is 18.9. The molecule has 1 aliphatic heterocycles. The Morgan fingerprint density at radius 2 is 2.19 bits per heavy atom. The molecule has 1 aliphatic carbocycles. The van der Waals surface area contributed by atoms with Crippen molar-refractivity contribution in [1.82, 2.24) is 0 Å². The lowest BCUT2D eigenvalue weighted by atomic mass is 10.0. The third-order valence-corrected chi connectivity index (χ3v) is 4.29. The summed E-state index contributed by atoms with van der Waals surface area (Å²) in [6.45, 7) is 0. The number of anilines is 1. The minimum atomic E-state index is 0.263. The topological polar surface area (TPSA) is 29.1 Å². The van der Waals surface area contributed by atoms with E-state index in [0.29, 0.717) is 6.42 Å². The second kappa shape index (κ2) is 3.82. The van der Waals surface area contributed by atoms with Gasteiger partial charge in [0.2, 0.25) is 0 Å². The molecule has 1 heterocycles. The fourth-order valence-corrected chi connectivity index (χ4v) is 3.26. The van der Waals surface area contributed by atoms with Crippen LogP contribution in [0.3, 0.4) is 0 Å². The monoisotopic (exact) mass is 251 g/mol. The largest absolute Gasteiger partial charge is 0.357 e. The average molecular weight is 252 g/mol. The molecule has 0 fully saturated rings. The van der Waals surface area contributed by atoms with Crippen molar-refractivity contribution in [2.24, 2.45) is 0 Å². The van der Waals surface area contributed by atoms with Crippen LogP contribution in [0.25, 0.3) is 0 Å². The molecule has 0 atom stereocenters. The van der Waals surface area contributed by atoms with E-state index >= 15 is 0 Å². The Morgan fingerprint density at radius 3 is 3.06 bits per heavy atom. The summed E-state index contributed by atoms with van der Waals surface area (Å²) in [5.41, 5.74) is 2.09. The van der Waals surface area contributed by atoms with Gasteiger partial charge < -0.3 is 5.32 Å². The maximum atomic E-state index is 11.8. The third-order valence-electron chi connectivity index (χ3n) is 2.80. The molecule has 1 N–H and O–H groups in total. The van der Waals surface area contributed by atoms with Gasteiger partial charge in [-0.1, -0.05) is 23.4 Å². The molecule has 0 spiro atoms. The fraction of sp³-hybridized carbons (Fsp3) is 0.250. The Bertz CT molecular complexity index is 510. The minimum Gasteiger partial charge on any atom is -0.357 e. The van der Waals surface area contributed by atoms with E-state index in [1.807, 2.05) is 18.2 Å². The molecule has 16 heavy (non-hydrogen) atoms. The lowest BCUT2D eigenvalue weighted by Crippen LogP contribution is -2.17. The molecule has 1 aromatic rings. The van der Waals surface area contributed by atoms with Crippen LogP contribution in [-0.4, -0.2) is 5.78 Å². The van der Waals surface area contributed by atoms with Crippen LogP contribution in [0.2, 0.25) is 5.02 Å². The number of fused-ring (bicyclic) bond motifs is 1. The van der Waals surface area contributed by atoms with E-state index in [1.165, 1.54) is 0 Å². The van der Waals surface area contributed by atoms with Gasteiger partial charge in [-0.15, -0.1) is 0 Å². The average Bonchev–Trinajstić information content (AvgIpc) is 2.27. The molecule has 0 unspecified atom stereocenters. The zero-order chi connectivity index (χ0) is 11.1. The predicted octanol–water partition coefficient (Wildman–Crippen LogP) is 3.82. The highest BCUT2D eigenvalue weighted by Crippen LogP contribution is 2.44. The number of allylic oxidation sites excluding steroid dienone is 2. The van der Waals surface area contributed by atoms with Crippen LogP contribution in [0.15, 0.2) is 33.7 Å². The van der Waals surface area contributed by atoms with Gasteiger partial charge in [-0.25, -0.2) is 0 Å². The van der Waals surface area contributed by atoms with Crippen molar-refractivity contribution in [3.05, 3.63) is 33.8 Å². The lowest BCUT2D eigenvalue weighted by Gasteiger charge is -2.26. The third kappa shape index (κ3) is 1.64. The predicted molar refractivity (Wildman–Crippen MR) is 66.8 cm³/mol. The molecule has 0 saturated heterocycles. The maximum absolute atomic E-state index is 11.8.